The van der Waals surface area contributed by atoms with Gasteiger partial charge in [0, 0.05) is 0 Å². The van der Waals surface area contributed by atoms with Crippen molar-refractivity contribution in [1.29, 1.82) is 0 Å². The molecule has 0 N–H and O–H groups in total. The third-order valence-electron chi connectivity index (χ3n) is 22.4. The van der Waals surface area contributed by atoms with E-state index in [1.54, 1.807) is 69.8 Å². The molecular formula is C85H148. The van der Waals surface area contributed by atoms with Gasteiger partial charge in [-0.25, -0.2) is 0 Å². The Morgan fingerprint density at radius 2 is 0.600 bits per heavy atom. The molecule has 0 atom stereocenters. The summed E-state index contributed by atoms with van der Waals surface area (Å²) in [6, 6.07) is 27.1. The van der Waals surface area contributed by atoms with Gasteiger partial charge in [-0.3, -0.25) is 0 Å². The summed E-state index contributed by atoms with van der Waals surface area (Å²) in [7, 11) is 0. The maximum atomic E-state index is 2.60. The number of allylic oxidation sites excluding steroid dienone is 2. The average Bonchev–Trinajstić information content (AvgIpc) is 3.68. The molecule has 0 saturated heterocycles. The Balaban J connectivity index is 0.000000382. The van der Waals surface area contributed by atoms with Crippen molar-refractivity contribution in [1.82, 2.24) is 0 Å². The summed E-state index contributed by atoms with van der Waals surface area (Å²) < 4.78 is 0. The van der Waals surface area contributed by atoms with Crippen LogP contribution in [-0.2, 0) is 6.42 Å². The van der Waals surface area contributed by atoms with E-state index >= 15 is 0 Å². The van der Waals surface area contributed by atoms with Crippen LogP contribution in [0.4, 0.5) is 0 Å². The van der Waals surface area contributed by atoms with Gasteiger partial charge in [0.05, 0.1) is 0 Å². The largest absolute Gasteiger partial charge is 0.0851 e. The Morgan fingerprint density at radius 1 is 0.294 bits per heavy atom. The smallest absolute Gasteiger partial charge is 0.0162 e. The lowest BCUT2D eigenvalue weighted by Gasteiger charge is -2.38. The maximum absolute atomic E-state index is 2.60. The molecular weight excluding hydrogens is 1020 g/mol. The summed E-state index contributed by atoms with van der Waals surface area (Å²) in [5.41, 5.74) is 8.38. The molecule has 6 aliphatic rings. The highest BCUT2D eigenvalue weighted by atomic mass is 14.4. The molecule has 0 radical (unpaired) electrons. The zero-order valence-corrected chi connectivity index (χ0v) is 55.0. The summed E-state index contributed by atoms with van der Waals surface area (Å²) in [5, 5.41) is 0. The van der Waals surface area contributed by atoms with Crippen molar-refractivity contribution in [2.45, 2.75) is 354 Å². The number of benzene rings is 3. The van der Waals surface area contributed by atoms with Gasteiger partial charge in [-0.15, -0.1) is 0 Å². The predicted octanol–water partition coefficient (Wildman–Crippen LogP) is 28.9. The normalized spacial score (nSPS) is 27.5. The molecule has 0 unspecified atom stereocenters. The van der Waals surface area contributed by atoms with Crippen LogP contribution in [0.15, 0.2) is 84.9 Å². The van der Waals surface area contributed by atoms with Crippen LogP contribution in [0.1, 0.15) is 356 Å². The highest BCUT2D eigenvalue weighted by molar-refractivity contribution is 5.63. The van der Waals surface area contributed by atoms with Crippen molar-refractivity contribution in [3.05, 3.63) is 107 Å². The van der Waals surface area contributed by atoms with Crippen molar-refractivity contribution in [2.75, 3.05) is 0 Å². The molecule has 0 amide bonds. The Kier molecular flexibility index (Phi) is 42.9. The third kappa shape index (κ3) is 30.2. The molecule has 0 heteroatoms. The summed E-state index contributed by atoms with van der Waals surface area (Å²) in [5.74, 6) is 12.3. The third-order valence-corrected chi connectivity index (χ3v) is 22.4. The first-order valence-electron chi connectivity index (χ1n) is 36.6. The van der Waals surface area contributed by atoms with Gasteiger partial charge in [0.2, 0.25) is 0 Å². The lowest BCUT2D eigenvalue weighted by molar-refractivity contribution is 0.156. The van der Waals surface area contributed by atoms with Crippen LogP contribution in [0.25, 0.3) is 11.1 Å². The van der Waals surface area contributed by atoms with Crippen LogP contribution in [0.5, 0.6) is 0 Å². The van der Waals surface area contributed by atoms with Gasteiger partial charge in [-0.1, -0.05) is 328 Å². The minimum atomic E-state index is 0. The zero-order chi connectivity index (χ0) is 57.3. The quantitative estimate of drug-likeness (QED) is 0.0656. The first-order valence-corrected chi connectivity index (χ1v) is 36.6. The summed E-state index contributed by atoms with van der Waals surface area (Å²) in [6.07, 6.45) is 65.5. The van der Waals surface area contributed by atoms with E-state index in [0.717, 1.165) is 71.0 Å². The van der Waals surface area contributed by atoms with Crippen LogP contribution >= 0.6 is 0 Å². The molecule has 488 valence electrons. The van der Waals surface area contributed by atoms with Gasteiger partial charge in [-0.2, -0.15) is 0 Å². The fourth-order valence-corrected chi connectivity index (χ4v) is 16.8. The summed E-state index contributed by atoms with van der Waals surface area (Å²) >= 11 is 0. The lowest BCUT2D eigenvalue weighted by Crippen LogP contribution is -2.25. The Hall–Kier alpha value is -2.60. The number of aryl methyl sites for hydroxylation is 3. The minimum absolute atomic E-state index is 0. The zero-order valence-electron chi connectivity index (χ0n) is 55.0. The second-order valence-corrected chi connectivity index (χ2v) is 28.9. The molecule has 6 fully saturated rings. The number of hydrogen-bond donors (Lipinski definition) is 0. The Morgan fingerprint density at radius 3 is 0.965 bits per heavy atom. The number of hydrogen-bond acceptors (Lipinski definition) is 0. The molecule has 0 spiro atoms. The van der Waals surface area contributed by atoms with Gasteiger partial charge in [0.1, 0.15) is 0 Å². The van der Waals surface area contributed by atoms with Gasteiger partial charge in [0.25, 0.3) is 0 Å². The SMILES string of the molecule is C.C.C.C.CCCC1CCC(/C=C/C2CCC(CCC)CC2)CC1.CCCC1CCC(CCC2CCC(CCC)CC2)CC1.CCCCC1CCC(C2CCC(c3ccc(C)cc3)CC2)CC1.CCCCCc1ccc(-c2ccc(C)cc2)cc1. The first kappa shape index (κ1) is 78.5. The standard InChI is InChI=1S/C23H36.C20H38.C20H36.C18H22.4CH4/c1-3-4-5-19-8-12-21(13-9-19)23-16-14-22(15-17-23)20-10-6-18(2)7-11-20;2*1-3-5-17-7-11-19(12-8-17)15-16-20-13-9-18(6-4-2)10-14-20;1-3-4-5-6-16-9-13-18(14-10-16)17-11-7-15(2)8-12-17;;;;/h6-7,10-11,19,21-23H,3-5,8-9,12-17H2,1-2H3;17-20H,3-16H2,1-2H3;15-20H,3-14H2,1-2H3;7-14H,3-6H2,1-2H3;4*1H4/b;;16-15+;;;;;. The molecule has 6 aliphatic carbocycles. The highest BCUT2D eigenvalue weighted by Gasteiger charge is 2.31. The van der Waals surface area contributed by atoms with Gasteiger partial charge >= 0.3 is 0 Å². The number of rotatable bonds is 23. The van der Waals surface area contributed by atoms with Crippen LogP contribution in [-0.4, -0.2) is 0 Å². The van der Waals surface area contributed by atoms with E-state index in [4.69, 9.17) is 0 Å². The van der Waals surface area contributed by atoms with Gasteiger partial charge in [-0.05, 0) is 210 Å². The van der Waals surface area contributed by atoms with E-state index in [2.05, 4.69) is 140 Å². The van der Waals surface area contributed by atoms with E-state index in [-0.39, 0.29) is 29.7 Å². The van der Waals surface area contributed by atoms with Crippen molar-refractivity contribution < 1.29 is 0 Å². The monoisotopic (exact) mass is 1170 g/mol. The van der Waals surface area contributed by atoms with Gasteiger partial charge < -0.3 is 0 Å². The first-order chi connectivity index (χ1) is 39.7. The van der Waals surface area contributed by atoms with Crippen molar-refractivity contribution >= 4 is 0 Å². The summed E-state index contributed by atoms with van der Waals surface area (Å²) in [6.45, 7) is 18.3. The van der Waals surface area contributed by atoms with E-state index in [1.807, 2.05) is 0 Å². The fraction of sp³-hybridized carbons (Fsp3) is 0.765. The van der Waals surface area contributed by atoms with E-state index in [1.165, 1.54) is 227 Å². The number of unbranched alkanes of at least 4 members (excludes halogenated alkanes) is 3. The molecule has 85 heavy (non-hydrogen) atoms. The van der Waals surface area contributed by atoms with Crippen molar-refractivity contribution in [2.24, 2.45) is 65.1 Å². The lowest BCUT2D eigenvalue weighted by atomic mass is 9.68. The van der Waals surface area contributed by atoms with Crippen LogP contribution in [0.2, 0.25) is 0 Å². The second kappa shape index (κ2) is 46.5. The second-order valence-electron chi connectivity index (χ2n) is 28.9. The average molecular weight is 1170 g/mol. The molecule has 9 rings (SSSR count). The predicted molar refractivity (Wildman–Crippen MR) is 387 cm³/mol. The van der Waals surface area contributed by atoms with Crippen molar-refractivity contribution in [3.63, 3.8) is 0 Å². The Labute approximate surface area is 534 Å². The van der Waals surface area contributed by atoms with Crippen LogP contribution < -0.4 is 0 Å². The molecule has 0 heterocycles. The maximum Gasteiger partial charge on any atom is -0.0162 e. The van der Waals surface area contributed by atoms with E-state index in [9.17, 15) is 0 Å². The molecule has 3 aromatic carbocycles. The van der Waals surface area contributed by atoms with Crippen molar-refractivity contribution in [3.8, 4) is 11.1 Å². The Bertz CT molecular complexity index is 1910. The molecule has 3 aromatic rings. The van der Waals surface area contributed by atoms with Crippen LogP contribution in [0, 0.1) is 78.9 Å². The van der Waals surface area contributed by atoms with Crippen LogP contribution in [0.3, 0.4) is 0 Å². The topological polar surface area (TPSA) is 0 Å². The molecule has 0 bridgehead atoms. The van der Waals surface area contributed by atoms with Gasteiger partial charge in [0.15, 0.2) is 0 Å². The van der Waals surface area contributed by atoms with E-state index < -0.39 is 0 Å². The fourth-order valence-electron chi connectivity index (χ4n) is 16.8. The molecule has 0 nitrogen and oxygen atoms in total. The molecule has 0 aliphatic heterocycles. The molecule has 0 aromatic heterocycles. The minimum Gasteiger partial charge on any atom is -0.0851 e. The van der Waals surface area contributed by atoms with E-state index in [0.29, 0.717) is 0 Å². The summed E-state index contributed by atoms with van der Waals surface area (Å²) in [4.78, 5) is 0. The highest BCUT2D eigenvalue weighted by Crippen LogP contribution is 2.45. The molecule has 6 saturated carbocycles.